The topological polar surface area (TPSA) is 40.6 Å². The van der Waals surface area contributed by atoms with Crippen LogP contribution in [0.3, 0.4) is 0 Å². The van der Waals surface area contributed by atoms with E-state index in [1.165, 1.54) is 4.88 Å². The van der Waals surface area contributed by atoms with Crippen LogP contribution < -0.4 is 0 Å². The van der Waals surface area contributed by atoms with Gasteiger partial charge in [0.2, 0.25) is 11.8 Å². The smallest absolute Gasteiger partial charge is 0.246 e. The molecule has 1 aliphatic rings. The van der Waals surface area contributed by atoms with Gasteiger partial charge in [0.15, 0.2) is 0 Å². The van der Waals surface area contributed by atoms with Crippen LogP contribution in [0.15, 0.2) is 53.9 Å². The lowest BCUT2D eigenvalue weighted by molar-refractivity contribution is -0.139. The van der Waals surface area contributed by atoms with Gasteiger partial charge in [-0.2, -0.15) is 0 Å². The van der Waals surface area contributed by atoms with Crippen molar-refractivity contribution >= 4 is 29.2 Å². The van der Waals surface area contributed by atoms with Gasteiger partial charge in [-0.1, -0.05) is 36.4 Å². The Bertz CT molecular complexity index is 763. The lowest BCUT2D eigenvalue weighted by Gasteiger charge is -2.33. The van der Waals surface area contributed by atoms with Crippen molar-refractivity contribution in [2.75, 3.05) is 19.6 Å². The summed E-state index contributed by atoms with van der Waals surface area (Å²) in [7, 11) is 0. The molecule has 2 amide bonds. The normalized spacial score (nSPS) is 15.2. The number of rotatable bonds is 6. The van der Waals surface area contributed by atoms with Crippen LogP contribution in [0.1, 0.15) is 30.2 Å². The summed E-state index contributed by atoms with van der Waals surface area (Å²) in [5.41, 5.74) is 1.02. The largest absolute Gasteiger partial charge is 0.339 e. The summed E-state index contributed by atoms with van der Waals surface area (Å²) in [5, 5.41) is 2.04. The number of piperidine rings is 1. The van der Waals surface area contributed by atoms with Crippen molar-refractivity contribution in [3.63, 3.8) is 0 Å². The first-order valence-corrected chi connectivity index (χ1v) is 10.4. The van der Waals surface area contributed by atoms with E-state index in [-0.39, 0.29) is 17.7 Å². The predicted molar refractivity (Wildman–Crippen MR) is 110 cm³/mol. The fourth-order valence-electron chi connectivity index (χ4n) is 3.38. The molecule has 0 bridgehead atoms. The third kappa shape index (κ3) is 5.30. The van der Waals surface area contributed by atoms with Crippen LogP contribution in [0.25, 0.3) is 6.08 Å². The Morgan fingerprint density at radius 1 is 1.15 bits per heavy atom. The molecule has 0 unspecified atom stereocenters. The molecule has 0 saturated carbocycles. The number of carbonyl (C=O) groups is 2. The van der Waals surface area contributed by atoms with Gasteiger partial charge in [-0.3, -0.25) is 9.59 Å². The van der Waals surface area contributed by atoms with Gasteiger partial charge in [-0.25, -0.2) is 0 Å². The number of nitrogens with zero attached hydrogens (tertiary/aromatic N) is 2. The van der Waals surface area contributed by atoms with Crippen molar-refractivity contribution in [3.05, 3.63) is 64.4 Å². The van der Waals surface area contributed by atoms with Gasteiger partial charge in [0.25, 0.3) is 0 Å². The van der Waals surface area contributed by atoms with Gasteiger partial charge >= 0.3 is 0 Å². The molecule has 0 atom stereocenters. The van der Waals surface area contributed by atoms with E-state index in [4.69, 9.17) is 0 Å². The third-order valence-electron chi connectivity index (χ3n) is 4.99. The van der Waals surface area contributed by atoms with E-state index < -0.39 is 0 Å². The first-order valence-electron chi connectivity index (χ1n) is 9.50. The van der Waals surface area contributed by atoms with Gasteiger partial charge in [0.05, 0.1) is 6.54 Å². The van der Waals surface area contributed by atoms with Gasteiger partial charge in [0, 0.05) is 36.5 Å². The lowest BCUT2D eigenvalue weighted by atomic mass is 9.95. The lowest BCUT2D eigenvalue weighted by Crippen LogP contribution is -2.43. The third-order valence-corrected chi connectivity index (χ3v) is 5.86. The summed E-state index contributed by atoms with van der Waals surface area (Å²) in [5.74, 6) is 0.264. The minimum Gasteiger partial charge on any atom is -0.339 e. The fraction of sp³-hybridized carbons (Fsp3) is 0.364. The Balaban J connectivity index is 1.51. The molecule has 3 rings (SSSR count). The molecule has 2 aromatic rings. The maximum absolute atomic E-state index is 12.9. The Morgan fingerprint density at radius 3 is 2.52 bits per heavy atom. The number of amides is 2. The number of thiophene rings is 1. The van der Waals surface area contributed by atoms with Gasteiger partial charge in [-0.05, 0) is 42.9 Å². The molecule has 142 valence electrons. The average Bonchev–Trinajstić information content (AvgIpc) is 3.24. The van der Waals surface area contributed by atoms with Crippen molar-refractivity contribution in [3.8, 4) is 0 Å². The standard InChI is InChI=1S/C22H26N2O2S/c1-2-23(17-20-9-6-16-27-20)22(26)19-12-14-24(15-13-19)21(25)11-10-18-7-4-3-5-8-18/h3-11,16,19H,2,12-15,17H2,1H3. The molecule has 1 aromatic carbocycles. The van der Waals surface area contributed by atoms with Crippen molar-refractivity contribution in [1.82, 2.24) is 9.80 Å². The molecule has 1 aromatic heterocycles. The number of benzene rings is 1. The first-order chi connectivity index (χ1) is 13.2. The Hall–Kier alpha value is -2.40. The molecule has 2 heterocycles. The second-order valence-electron chi connectivity index (χ2n) is 6.78. The Morgan fingerprint density at radius 2 is 1.89 bits per heavy atom. The molecule has 27 heavy (non-hydrogen) atoms. The van der Waals surface area contributed by atoms with Crippen LogP contribution >= 0.6 is 11.3 Å². The first kappa shape index (κ1) is 19.4. The van der Waals surface area contributed by atoms with Crippen LogP contribution in [-0.2, 0) is 16.1 Å². The van der Waals surface area contributed by atoms with Gasteiger partial charge in [0.1, 0.15) is 0 Å². The Kier molecular flexibility index (Phi) is 6.82. The van der Waals surface area contributed by atoms with Crippen LogP contribution in [0, 0.1) is 5.92 Å². The molecule has 1 fully saturated rings. The molecule has 1 aliphatic heterocycles. The minimum absolute atomic E-state index is 0.0204. The maximum Gasteiger partial charge on any atom is 0.246 e. The summed E-state index contributed by atoms with van der Waals surface area (Å²) in [6.07, 6.45) is 4.96. The van der Waals surface area contributed by atoms with E-state index in [0.717, 1.165) is 24.9 Å². The monoisotopic (exact) mass is 382 g/mol. The van der Waals surface area contributed by atoms with Crippen LogP contribution in [-0.4, -0.2) is 41.2 Å². The van der Waals surface area contributed by atoms with Crippen molar-refractivity contribution in [1.29, 1.82) is 0 Å². The SMILES string of the molecule is CCN(Cc1cccs1)C(=O)C1CCN(C(=O)C=Cc2ccccc2)CC1. The summed E-state index contributed by atoms with van der Waals surface area (Å²) in [6, 6.07) is 13.9. The second kappa shape index (κ2) is 9.51. The molecular weight excluding hydrogens is 356 g/mol. The summed E-state index contributed by atoms with van der Waals surface area (Å²) in [6.45, 7) is 4.72. The Labute approximate surface area is 165 Å². The van der Waals surface area contributed by atoms with Crippen molar-refractivity contribution < 1.29 is 9.59 Å². The van der Waals surface area contributed by atoms with Crippen LogP contribution in [0.4, 0.5) is 0 Å². The van der Waals surface area contributed by atoms with E-state index in [0.29, 0.717) is 19.6 Å². The van der Waals surface area contributed by atoms with Crippen molar-refractivity contribution in [2.45, 2.75) is 26.3 Å². The molecule has 0 spiro atoms. The quantitative estimate of drug-likeness (QED) is 0.707. The summed E-state index contributed by atoms with van der Waals surface area (Å²) >= 11 is 1.68. The van der Waals surface area contributed by atoms with E-state index >= 15 is 0 Å². The predicted octanol–water partition coefficient (Wildman–Crippen LogP) is 4.05. The number of hydrogen-bond donors (Lipinski definition) is 0. The average molecular weight is 383 g/mol. The zero-order chi connectivity index (χ0) is 19.1. The molecule has 0 N–H and O–H groups in total. The van der Waals surface area contributed by atoms with Gasteiger partial charge < -0.3 is 9.80 Å². The second-order valence-corrected chi connectivity index (χ2v) is 7.81. The molecule has 0 aliphatic carbocycles. The van der Waals surface area contributed by atoms with Crippen LogP contribution in [0.2, 0.25) is 0 Å². The van der Waals surface area contributed by atoms with E-state index in [2.05, 4.69) is 6.07 Å². The number of likely N-dealkylation sites (tertiary alicyclic amines) is 1. The summed E-state index contributed by atoms with van der Waals surface area (Å²) in [4.78, 5) is 30.2. The molecule has 0 radical (unpaired) electrons. The van der Waals surface area contributed by atoms with E-state index in [1.807, 2.05) is 64.6 Å². The highest BCUT2D eigenvalue weighted by molar-refractivity contribution is 7.09. The van der Waals surface area contributed by atoms with Gasteiger partial charge in [-0.15, -0.1) is 11.3 Å². The highest BCUT2D eigenvalue weighted by atomic mass is 32.1. The minimum atomic E-state index is 0.0204. The number of hydrogen-bond acceptors (Lipinski definition) is 3. The highest BCUT2D eigenvalue weighted by Crippen LogP contribution is 2.22. The zero-order valence-corrected chi connectivity index (χ0v) is 16.5. The van der Waals surface area contributed by atoms with E-state index in [1.54, 1.807) is 17.4 Å². The maximum atomic E-state index is 12.9. The molecule has 1 saturated heterocycles. The molecule has 4 nitrogen and oxygen atoms in total. The fourth-order valence-corrected chi connectivity index (χ4v) is 4.10. The number of carbonyl (C=O) groups excluding carboxylic acids is 2. The highest BCUT2D eigenvalue weighted by Gasteiger charge is 2.29. The van der Waals surface area contributed by atoms with Crippen LogP contribution in [0.5, 0.6) is 0 Å². The van der Waals surface area contributed by atoms with E-state index in [9.17, 15) is 9.59 Å². The summed E-state index contributed by atoms with van der Waals surface area (Å²) < 4.78 is 0. The van der Waals surface area contributed by atoms with Crippen molar-refractivity contribution in [2.24, 2.45) is 5.92 Å². The zero-order valence-electron chi connectivity index (χ0n) is 15.7. The molecule has 5 heteroatoms. The molecular formula is C22H26N2O2S.